The van der Waals surface area contributed by atoms with Crippen LogP contribution in [0.3, 0.4) is 0 Å². The van der Waals surface area contributed by atoms with Gasteiger partial charge in [0, 0.05) is 10.5 Å². The first-order valence-electron chi connectivity index (χ1n) is 5.93. The van der Waals surface area contributed by atoms with Gasteiger partial charge in [0.05, 0.1) is 5.02 Å². The maximum atomic E-state index is 13.4. The van der Waals surface area contributed by atoms with Crippen LogP contribution in [0.4, 0.5) is 4.39 Å². The Kier molecular flexibility index (Phi) is 4.61. The fourth-order valence-corrected chi connectivity index (χ4v) is 2.54. The highest BCUT2D eigenvalue weighted by atomic mass is 79.9. The molecular weight excluding hydrogens is 329 g/mol. The van der Waals surface area contributed by atoms with Gasteiger partial charge in [-0.3, -0.25) is 0 Å². The Morgan fingerprint density at radius 2 is 2.00 bits per heavy atom. The van der Waals surface area contributed by atoms with Gasteiger partial charge in [-0.15, -0.1) is 0 Å². The number of nitrogens with two attached hydrogens (primary N) is 1. The maximum Gasteiger partial charge on any atom is 0.142 e. The summed E-state index contributed by atoms with van der Waals surface area (Å²) in [4.78, 5) is 0. The molecule has 0 saturated heterocycles. The minimum absolute atomic E-state index is 0.135. The van der Waals surface area contributed by atoms with Crippen LogP contribution in [0.1, 0.15) is 22.7 Å². The van der Waals surface area contributed by atoms with Crippen LogP contribution in [0.15, 0.2) is 40.9 Å². The van der Waals surface area contributed by atoms with Crippen LogP contribution in [0.25, 0.3) is 0 Å². The highest BCUT2D eigenvalue weighted by Gasteiger charge is 2.11. The van der Waals surface area contributed by atoms with Crippen molar-refractivity contribution in [3.05, 3.63) is 68.4 Å². The normalized spacial score (nSPS) is 12.5. The Morgan fingerprint density at radius 1 is 1.26 bits per heavy atom. The van der Waals surface area contributed by atoms with Gasteiger partial charge in [0.15, 0.2) is 0 Å². The Balaban J connectivity index is 2.22. The molecule has 0 fully saturated rings. The summed E-state index contributed by atoms with van der Waals surface area (Å²) in [7, 11) is 0. The van der Waals surface area contributed by atoms with E-state index < -0.39 is 5.82 Å². The molecule has 2 aromatic carbocycles. The van der Waals surface area contributed by atoms with Gasteiger partial charge in [-0.1, -0.05) is 39.7 Å². The van der Waals surface area contributed by atoms with Crippen molar-refractivity contribution in [3.8, 4) is 0 Å². The molecule has 1 nitrogen and oxygen atoms in total. The molecule has 100 valence electrons. The van der Waals surface area contributed by atoms with Gasteiger partial charge in [-0.05, 0) is 54.3 Å². The second-order valence-electron chi connectivity index (χ2n) is 4.56. The first-order valence-corrected chi connectivity index (χ1v) is 7.10. The van der Waals surface area contributed by atoms with E-state index in [-0.39, 0.29) is 11.1 Å². The lowest BCUT2D eigenvalue weighted by atomic mass is 9.96. The number of rotatable bonds is 3. The zero-order chi connectivity index (χ0) is 14.0. The van der Waals surface area contributed by atoms with E-state index in [0.717, 1.165) is 21.2 Å². The lowest BCUT2D eigenvalue weighted by Crippen LogP contribution is -2.14. The maximum absolute atomic E-state index is 13.4. The van der Waals surface area contributed by atoms with Gasteiger partial charge in [0.25, 0.3) is 0 Å². The average molecular weight is 343 g/mol. The first kappa shape index (κ1) is 14.5. The van der Waals surface area contributed by atoms with E-state index in [1.54, 1.807) is 12.1 Å². The summed E-state index contributed by atoms with van der Waals surface area (Å²) in [5.74, 6) is -0.405. The molecule has 0 radical (unpaired) electrons. The van der Waals surface area contributed by atoms with Crippen molar-refractivity contribution in [1.29, 1.82) is 0 Å². The van der Waals surface area contributed by atoms with Gasteiger partial charge < -0.3 is 5.73 Å². The first-order chi connectivity index (χ1) is 8.97. The van der Waals surface area contributed by atoms with Crippen LogP contribution in [-0.4, -0.2) is 0 Å². The second kappa shape index (κ2) is 6.04. The van der Waals surface area contributed by atoms with Crippen LogP contribution in [0.2, 0.25) is 5.02 Å². The van der Waals surface area contributed by atoms with Crippen molar-refractivity contribution in [1.82, 2.24) is 0 Å². The van der Waals surface area contributed by atoms with Gasteiger partial charge in [-0.25, -0.2) is 4.39 Å². The molecule has 1 atom stereocenters. The summed E-state index contributed by atoms with van der Waals surface area (Å²) in [6.45, 7) is 2.02. The Hall–Kier alpha value is -0.900. The third-order valence-electron chi connectivity index (χ3n) is 3.08. The quantitative estimate of drug-likeness (QED) is 0.852. The molecule has 0 aliphatic rings. The van der Waals surface area contributed by atoms with E-state index in [4.69, 9.17) is 17.3 Å². The van der Waals surface area contributed by atoms with Crippen LogP contribution >= 0.6 is 27.5 Å². The predicted molar refractivity (Wildman–Crippen MR) is 80.9 cm³/mol. The molecular formula is C15H14BrClFN. The monoisotopic (exact) mass is 341 g/mol. The summed E-state index contributed by atoms with van der Waals surface area (Å²) in [5, 5.41) is 0.135. The molecule has 0 saturated carbocycles. The van der Waals surface area contributed by atoms with Gasteiger partial charge in [-0.2, -0.15) is 0 Å². The lowest BCUT2D eigenvalue weighted by Gasteiger charge is -2.15. The Labute approximate surface area is 125 Å². The number of aryl methyl sites for hydroxylation is 1. The van der Waals surface area contributed by atoms with Crippen LogP contribution in [-0.2, 0) is 6.42 Å². The van der Waals surface area contributed by atoms with Crippen LogP contribution < -0.4 is 5.73 Å². The molecule has 2 rings (SSSR count). The molecule has 0 spiro atoms. The van der Waals surface area contributed by atoms with E-state index in [1.807, 2.05) is 25.1 Å². The van der Waals surface area contributed by atoms with Crippen molar-refractivity contribution >= 4 is 27.5 Å². The summed E-state index contributed by atoms with van der Waals surface area (Å²) in [5.41, 5.74) is 9.24. The van der Waals surface area contributed by atoms with Crippen LogP contribution in [0, 0.1) is 12.7 Å². The summed E-state index contributed by atoms with van der Waals surface area (Å²) in [6.07, 6.45) is 0.575. The molecule has 0 aliphatic carbocycles. The topological polar surface area (TPSA) is 26.0 Å². The van der Waals surface area contributed by atoms with Crippen molar-refractivity contribution in [2.75, 3.05) is 0 Å². The van der Waals surface area contributed by atoms with Crippen LogP contribution in [0.5, 0.6) is 0 Å². The standard InChI is InChI=1S/C15H14BrClFN/c1-9-2-4-11(16)8-12(9)15(19)7-10-3-5-13(17)14(18)6-10/h2-6,8,15H,7,19H2,1H3. The van der Waals surface area contributed by atoms with Gasteiger partial charge >= 0.3 is 0 Å². The second-order valence-corrected chi connectivity index (χ2v) is 5.88. The average Bonchev–Trinajstić information content (AvgIpc) is 2.36. The molecule has 1 unspecified atom stereocenters. The van der Waals surface area contributed by atoms with Crippen molar-refractivity contribution in [2.24, 2.45) is 5.73 Å². The fourth-order valence-electron chi connectivity index (χ4n) is 2.04. The number of halogens is 3. The van der Waals surface area contributed by atoms with E-state index in [0.29, 0.717) is 6.42 Å². The SMILES string of the molecule is Cc1ccc(Br)cc1C(N)Cc1ccc(Cl)c(F)c1. The lowest BCUT2D eigenvalue weighted by molar-refractivity contribution is 0.622. The third kappa shape index (κ3) is 3.56. The molecule has 4 heteroatoms. The van der Waals surface area contributed by atoms with Crippen molar-refractivity contribution in [3.63, 3.8) is 0 Å². The highest BCUT2D eigenvalue weighted by Crippen LogP contribution is 2.24. The molecule has 0 bridgehead atoms. The summed E-state index contributed by atoms with van der Waals surface area (Å²) in [6, 6.07) is 10.6. The van der Waals surface area contributed by atoms with Gasteiger partial charge in [0.1, 0.15) is 5.82 Å². The molecule has 0 aliphatic heterocycles. The Morgan fingerprint density at radius 3 is 2.68 bits per heavy atom. The summed E-state index contributed by atoms with van der Waals surface area (Å²) >= 11 is 9.11. The largest absolute Gasteiger partial charge is 0.324 e. The number of benzene rings is 2. The Bertz CT molecular complexity index is 601. The van der Waals surface area contributed by atoms with Crippen molar-refractivity contribution < 1.29 is 4.39 Å². The molecule has 0 heterocycles. The minimum Gasteiger partial charge on any atom is -0.324 e. The molecule has 0 aromatic heterocycles. The smallest absolute Gasteiger partial charge is 0.142 e. The van der Waals surface area contributed by atoms with E-state index in [2.05, 4.69) is 15.9 Å². The number of hydrogen-bond donors (Lipinski definition) is 1. The van der Waals surface area contributed by atoms with E-state index in [9.17, 15) is 4.39 Å². The highest BCUT2D eigenvalue weighted by molar-refractivity contribution is 9.10. The molecule has 19 heavy (non-hydrogen) atoms. The molecule has 0 amide bonds. The predicted octanol–water partition coefficient (Wildman–Crippen LogP) is 4.79. The molecule has 2 N–H and O–H groups in total. The minimum atomic E-state index is -0.405. The van der Waals surface area contributed by atoms with Gasteiger partial charge in [0.2, 0.25) is 0 Å². The van der Waals surface area contributed by atoms with E-state index in [1.165, 1.54) is 6.07 Å². The number of hydrogen-bond acceptors (Lipinski definition) is 1. The fraction of sp³-hybridized carbons (Fsp3) is 0.200. The summed E-state index contributed by atoms with van der Waals surface area (Å²) < 4.78 is 14.4. The van der Waals surface area contributed by atoms with Crippen molar-refractivity contribution in [2.45, 2.75) is 19.4 Å². The zero-order valence-electron chi connectivity index (χ0n) is 10.5. The third-order valence-corrected chi connectivity index (χ3v) is 3.88. The van der Waals surface area contributed by atoms with E-state index >= 15 is 0 Å². The molecule has 2 aromatic rings. The zero-order valence-corrected chi connectivity index (χ0v) is 12.8.